The largest absolute Gasteiger partial charge is 0.459 e. The number of esters is 1. The minimum Gasteiger partial charge on any atom is -0.459 e. The van der Waals surface area contributed by atoms with Gasteiger partial charge in [0.2, 0.25) is 0 Å². The standard InChI is InChI=1S/C10H20N2O4/c1-10(2,3)16-8(13)7(11)5-6-12-9(14)15-4/h7H,5-6,11H2,1-4H3,(H,12,14)/t7-/m0/s1. The van der Waals surface area contributed by atoms with E-state index in [2.05, 4.69) is 10.1 Å². The average molecular weight is 232 g/mol. The Morgan fingerprint density at radius 1 is 1.38 bits per heavy atom. The summed E-state index contributed by atoms with van der Waals surface area (Å²) in [6.07, 6.45) is -0.235. The van der Waals surface area contributed by atoms with Gasteiger partial charge in [-0.05, 0) is 27.2 Å². The zero-order chi connectivity index (χ0) is 12.8. The van der Waals surface area contributed by atoms with Crippen LogP contribution in [-0.2, 0) is 14.3 Å². The van der Waals surface area contributed by atoms with Crippen molar-refractivity contribution in [2.24, 2.45) is 5.73 Å². The summed E-state index contributed by atoms with van der Waals surface area (Å²) in [4.78, 5) is 22.1. The highest BCUT2D eigenvalue weighted by atomic mass is 16.6. The van der Waals surface area contributed by atoms with Crippen LogP contribution in [0.3, 0.4) is 0 Å². The number of hydrogen-bond acceptors (Lipinski definition) is 5. The first-order chi connectivity index (χ1) is 7.26. The van der Waals surface area contributed by atoms with E-state index in [1.807, 2.05) is 0 Å². The predicted molar refractivity (Wildman–Crippen MR) is 58.8 cm³/mol. The SMILES string of the molecule is COC(=O)NCC[C@H](N)C(=O)OC(C)(C)C. The fraction of sp³-hybridized carbons (Fsp3) is 0.800. The molecule has 0 saturated carbocycles. The molecule has 0 radical (unpaired) electrons. The molecule has 6 heteroatoms. The maximum atomic E-state index is 11.4. The highest BCUT2D eigenvalue weighted by molar-refractivity contribution is 5.76. The number of hydrogen-bond donors (Lipinski definition) is 2. The maximum absolute atomic E-state index is 11.4. The van der Waals surface area contributed by atoms with Gasteiger partial charge in [0.15, 0.2) is 0 Å². The Morgan fingerprint density at radius 2 is 1.94 bits per heavy atom. The lowest BCUT2D eigenvalue weighted by Gasteiger charge is -2.22. The van der Waals surface area contributed by atoms with Gasteiger partial charge < -0.3 is 20.5 Å². The zero-order valence-electron chi connectivity index (χ0n) is 10.2. The summed E-state index contributed by atoms with van der Waals surface area (Å²) in [7, 11) is 1.27. The second kappa shape index (κ2) is 6.32. The molecule has 0 rings (SSSR count). The van der Waals surface area contributed by atoms with E-state index in [0.717, 1.165) is 0 Å². The van der Waals surface area contributed by atoms with Crippen LogP contribution >= 0.6 is 0 Å². The van der Waals surface area contributed by atoms with Crippen LogP contribution < -0.4 is 11.1 Å². The number of methoxy groups -OCH3 is 1. The molecule has 1 atom stereocenters. The summed E-state index contributed by atoms with van der Waals surface area (Å²) in [6.45, 7) is 5.58. The molecule has 0 aliphatic carbocycles. The molecule has 1 amide bonds. The van der Waals surface area contributed by atoms with Gasteiger partial charge in [-0.25, -0.2) is 4.79 Å². The summed E-state index contributed by atoms with van der Waals surface area (Å²) >= 11 is 0. The molecule has 0 aliphatic heterocycles. The molecule has 3 N–H and O–H groups in total. The Morgan fingerprint density at radius 3 is 2.38 bits per heavy atom. The second-order valence-electron chi connectivity index (χ2n) is 4.35. The van der Waals surface area contributed by atoms with E-state index in [0.29, 0.717) is 6.42 Å². The smallest absolute Gasteiger partial charge is 0.406 e. The molecule has 16 heavy (non-hydrogen) atoms. The van der Waals surface area contributed by atoms with E-state index in [4.69, 9.17) is 10.5 Å². The molecule has 0 bridgehead atoms. The summed E-state index contributed by atoms with van der Waals surface area (Å²) < 4.78 is 9.44. The molecule has 0 saturated heterocycles. The normalized spacial score (nSPS) is 12.8. The van der Waals surface area contributed by atoms with E-state index in [9.17, 15) is 9.59 Å². The van der Waals surface area contributed by atoms with Crippen LogP contribution in [0.5, 0.6) is 0 Å². The van der Waals surface area contributed by atoms with E-state index < -0.39 is 23.7 Å². The zero-order valence-corrected chi connectivity index (χ0v) is 10.2. The van der Waals surface area contributed by atoms with Crippen molar-refractivity contribution in [3.05, 3.63) is 0 Å². The molecule has 0 spiro atoms. The van der Waals surface area contributed by atoms with Gasteiger partial charge in [0.05, 0.1) is 7.11 Å². The third kappa shape index (κ3) is 7.05. The van der Waals surface area contributed by atoms with Gasteiger partial charge >= 0.3 is 12.1 Å². The first-order valence-electron chi connectivity index (χ1n) is 5.06. The Bertz CT molecular complexity index is 248. The number of nitrogens with two attached hydrogens (primary N) is 1. The van der Waals surface area contributed by atoms with Crippen LogP contribution in [0.15, 0.2) is 0 Å². The highest BCUT2D eigenvalue weighted by Gasteiger charge is 2.21. The van der Waals surface area contributed by atoms with E-state index in [1.54, 1.807) is 20.8 Å². The maximum Gasteiger partial charge on any atom is 0.406 e. The molecule has 0 fully saturated rings. The molecule has 0 aromatic heterocycles. The monoisotopic (exact) mass is 232 g/mol. The minimum atomic E-state index is -0.739. The van der Waals surface area contributed by atoms with Crippen LogP contribution in [0.4, 0.5) is 4.79 Å². The van der Waals surface area contributed by atoms with Gasteiger partial charge in [0.25, 0.3) is 0 Å². The van der Waals surface area contributed by atoms with E-state index in [1.165, 1.54) is 7.11 Å². The first-order valence-corrected chi connectivity index (χ1v) is 5.06. The Labute approximate surface area is 95.5 Å². The van der Waals surface area contributed by atoms with Crippen molar-refractivity contribution in [1.29, 1.82) is 0 Å². The van der Waals surface area contributed by atoms with Crippen molar-refractivity contribution in [3.63, 3.8) is 0 Å². The fourth-order valence-corrected chi connectivity index (χ4v) is 0.897. The predicted octanol–water partition coefficient (Wildman–Crippen LogP) is 0.402. The van der Waals surface area contributed by atoms with Gasteiger partial charge in [-0.2, -0.15) is 0 Å². The number of carbonyl (C=O) groups excluding carboxylic acids is 2. The fourth-order valence-electron chi connectivity index (χ4n) is 0.897. The van der Waals surface area contributed by atoms with Crippen LogP contribution in [-0.4, -0.2) is 37.4 Å². The van der Waals surface area contributed by atoms with Gasteiger partial charge in [-0.15, -0.1) is 0 Å². The number of rotatable bonds is 4. The lowest BCUT2D eigenvalue weighted by Crippen LogP contribution is -2.40. The van der Waals surface area contributed by atoms with E-state index in [-0.39, 0.29) is 6.54 Å². The topological polar surface area (TPSA) is 90.6 Å². The van der Waals surface area contributed by atoms with Crippen LogP contribution in [0.2, 0.25) is 0 Å². The molecule has 0 unspecified atom stereocenters. The van der Waals surface area contributed by atoms with Crippen molar-refractivity contribution in [3.8, 4) is 0 Å². The van der Waals surface area contributed by atoms with E-state index >= 15 is 0 Å². The number of nitrogens with one attached hydrogen (secondary N) is 1. The lowest BCUT2D eigenvalue weighted by atomic mass is 10.1. The van der Waals surface area contributed by atoms with Crippen molar-refractivity contribution >= 4 is 12.1 Å². The van der Waals surface area contributed by atoms with Gasteiger partial charge in [0.1, 0.15) is 11.6 Å². The molecule has 0 aliphatic rings. The quantitative estimate of drug-likeness (QED) is 0.685. The molecule has 0 aromatic rings. The second-order valence-corrected chi connectivity index (χ2v) is 4.35. The summed E-state index contributed by atoms with van der Waals surface area (Å²) in [5.41, 5.74) is 5.03. The Hall–Kier alpha value is -1.30. The molecular formula is C10H20N2O4. The summed E-state index contributed by atoms with van der Waals surface area (Å²) in [5, 5.41) is 2.43. The van der Waals surface area contributed by atoms with Crippen molar-refractivity contribution in [2.45, 2.75) is 38.8 Å². The lowest BCUT2D eigenvalue weighted by molar-refractivity contribution is -0.156. The molecule has 0 aromatic carbocycles. The first kappa shape index (κ1) is 14.7. The number of amides is 1. The van der Waals surface area contributed by atoms with Crippen molar-refractivity contribution in [2.75, 3.05) is 13.7 Å². The van der Waals surface area contributed by atoms with Crippen LogP contribution in [0.25, 0.3) is 0 Å². The molecule has 0 heterocycles. The number of ether oxygens (including phenoxy) is 2. The van der Waals surface area contributed by atoms with Crippen LogP contribution in [0.1, 0.15) is 27.2 Å². The van der Waals surface area contributed by atoms with Gasteiger partial charge in [-0.1, -0.05) is 0 Å². The third-order valence-corrected chi connectivity index (χ3v) is 1.62. The third-order valence-electron chi connectivity index (χ3n) is 1.62. The van der Waals surface area contributed by atoms with Gasteiger partial charge in [-0.3, -0.25) is 4.79 Å². The molecular weight excluding hydrogens is 212 g/mol. The number of carbonyl (C=O) groups is 2. The molecule has 6 nitrogen and oxygen atoms in total. The summed E-state index contributed by atoms with van der Waals surface area (Å²) in [5.74, 6) is -0.473. The van der Waals surface area contributed by atoms with Crippen molar-refractivity contribution < 1.29 is 19.1 Å². The Balaban J connectivity index is 3.84. The average Bonchev–Trinajstić information content (AvgIpc) is 2.14. The summed E-state index contributed by atoms with van der Waals surface area (Å²) in [6, 6.07) is -0.739. The highest BCUT2D eigenvalue weighted by Crippen LogP contribution is 2.08. The number of alkyl carbamates (subject to hydrolysis) is 1. The van der Waals surface area contributed by atoms with Crippen LogP contribution in [0, 0.1) is 0 Å². The Kier molecular flexibility index (Phi) is 5.81. The minimum absolute atomic E-state index is 0.271. The molecule has 94 valence electrons. The van der Waals surface area contributed by atoms with Gasteiger partial charge in [0, 0.05) is 6.54 Å². The van der Waals surface area contributed by atoms with Crippen molar-refractivity contribution in [1.82, 2.24) is 5.32 Å².